The maximum atomic E-state index is 10.0. The second kappa shape index (κ2) is 7.42. The lowest BCUT2D eigenvalue weighted by molar-refractivity contribution is 0.0786. The highest BCUT2D eigenvalue weighted by Crippen LogP contribution is 2.44. The molecule has 1 aromatic carbocycles. The van der Waals surface area contributed by atoms with Crippen LogP contribution < -0.4 is 5.32 Å². The van der Waals surface area contributed by atoms with Crippen molar-refractivity contribution < 1.29 is 5.11 Å². The number of aliphatic hydroxyl groups is 1. The fourth-order valence-corrected chi connectivity index (χ4v) is 3.83. The number of anilines is 1. The number of hydrogen-bond donors (Lipinski definition) is 4. The number of rotatable bonds is 5. The van der Waals surface area contributed by atoms with Gasteiger partial charge >= 0.3 is 0 Å². The van der Waals surface area contributed by atoms with Gasteiger partial charge in [0.1, 0.15) is 22.4 Å². The Morgan fingerprint density at radius 3 is 2.52 bits per heavy atom. The number of allylic oxidation sites excluding steroid dienone is 1. The van der Waals surface area contributed by atoms with Crippen molar-refractivity contribution in [2.75, 3.05) is 5.32 Å². The Hall–Kier alpha value is -2.22. The molecule has 140 valence electrons. The molecule has 0 fully saturated rings. The molecule has 1 aliphatic rings. The summed E-state index contributed by atoms with van der Waals surface area (Å²) in [6, 6.07) is 7.73. The first kappa shape index (κ1) is 19.5. The van der Waals surface area contributed by atoms with Gasteiger partial charge in [-0.2, -0.15) is 0 Å². The Bertz CT molecular complexity index is 948. The third-order valence-electron chi connectivity index (χ3n) is 4.30. The average molecular weight is 402 g/mol. The van der Waals surface area contributed by atoms with Gasteiger partial charge in [-0.25, -0.2) is 9.97 Å². The quantitative estimate of drug-likeness (QED) is 0.556. The third kappa shape index (κ3) is 4.05. The summed E-state index contributed by atoms with van der Waals surface area (Å²) in [5.41, 5.74) is 2.76. The van der Waals surface area contributed by atoms with E-state index in [9.17, 15) is 5.11 Å². The van der Waals surface area contributed by atoms with Crippen LogP contribution in [0.5, 0.6) is 0 Å². The largest absolute Gasteiger partial charge is 0.386 e. The highest BCUT2D eigenvalue weighted by molar-refractivity contribution is 8.15. The lowest BCUT2D eigenvalue weighted by Crippen LogP contribution is -2.15. The first-order chi connectivity index (χ1) is 12.7. The molecule has 4 N–H and O–H groups in total. The normalized spacial score (nSPS) is 15.5. The molecule has 1 aliphatic heterocycles. The van der Waals surface area contributed by atoms with Gasteiger partial charge in [0.15, 0.2) is 0 Å². The van der Waals surface area contributed by atoms with Crippen LogP contribution in [0.15, 0.2) is 41.1 Å². The van der Waals surface area contributed by atoms with Gasteiger partial charge < -0.3 is 10.4 Å². The van der Waals surface area contributed by atoms with Crippen molar-refractivity contribution in [3.05, 3.63) is 53.0 Å². The molecule has 2 heterocycles. The molecule has 0 amide bonds. The monoisotopic (exact) mass is 401 g/mol. The summed E-state index contributed by atoms with van der Waals surface area (Å²) in [5, 5.41) is 29.4. The molecule has 2 aromatic rings. The predicted octanol–water partition coefficient (Wildman–Crippen LogP) is 4.39. The average Bonchev–Trinajstić information content (AvgIpc) is 2.95. The maximum absolute atomic E-state index is 10.0. The van der Waals surface area contributed by atoms with Gasteiger partial charge in [-0.15, -0.1) is 0 Å². The van der Waals surface area contributed by atoms with E-state index in [1.807, 2.05) is 24.3 Å². The molecule has 0 aliphatic carbocycles. The van der Waals surface area contributed by atoms with E-state index in [2.05, 4.69) is 15.3 Å². The van der Waals surface area contributed by atoms with E-state index in [1.165, 1.54) is 18.1 Å². The molecule has 27 heavy (non-hydrogen) atoms. The Morgan fingerprint density at radius 2 is 1.93 bits per heavy atom. The number of aromatic nitrogens is 2. The van der Waals surface area contributed by atoms with Crippen LogP contribution in [0.3, 0.4) is 0 Å². The fraction of sp³-hybridized carbons (Fsp3) is 0.263. The summed E-state index contributed by atoms with van der Waals surface area (Å²) in [7, 11) is 0. The lowest BCUT2D eigenvalue weighted by atomic mass is 9.97. The van der Waals surface area contributed by atoms with E-state index in [0.29, 0.717) is 34.2 Å². The minimum absolute atomic E-state index is 0.0942. The van der Waals surface area contributed by atoms with Crippen LogP contribution in [0.25, 0.3) is 5.57 Å². The molecule has 8 heteroatoms. The lowest BCUT2D eigenvalue weighted by Gasteiger charge is -2.18. The zero-order chi connectivity index (χ0) is 19.8. The molecule has 0 radical (unpaired) electrons. The Morgan fingerprint density at radius 1 is 1.26 bits per heavy atom. The molecule has 0 spiro atoms. The molecule has 0 unspecified atom stereocenters. The van der Waals surface area contributed by atoms with Crippen molar-refractivity contribution in [1.82, 2.24) is 9.97 Å². The number of fused-ring (bicyclic) bond motifs is 1. The summed E-state index contributed by atoms with van der Waals surface area (Å²) in [5.74, 6) is 0.644. The zero-order valence-corrected chi connectivity index (χ0v) is 16.8. The standard InChI is InChI=1S/C19H20ClN5OS/c1-10(16(20)21)13-14-15(27-17(13)22)18(25-9-24-14)23-8-11-4-6-12(7-5-11)19(2,3)26/h4-7,9,21-22,26H,8H2,1-3H3,(H,23,24,25)/b13-10-,21-16?,22-17?. The number of benzene rings is 1. The maximum Gasteiger partial charge on any atom is 0.144 e. The van der Waals surface area contributed by atoms with Gasteiger partial charge in [0, 0.05) is 12.1 Å². The van der Waals surface area contributed by atoms with Crippen LogP contribution in [0, 0.1) is 10.8 Å². The van der Waals surface area contributed by atoms with Gasteiger partial charge in [-0.05, 0) is 37.5 Å². The van der Waals surface area contributed by atoms with Crippen LogP contribution in [-0.2, 0) is 12.1 Å². The number of nitrogens with one attached hydrogen (secondary N) is 3. The Kier molecular flexibility index (Phi) is 5.37. The van der Waals surface area contributed by atoms with Crippen LogP contribution in [0.1, 0.15) is 37.6 Å². The molecule has 6 nitrogen and oxygen atoms in total. The number of hydrogen-bond acceptors (Lipinski definition) is 7. The van der Waals surface area contributed by atoms with Crippen molar-refractivity contribution in [3.63, 3.8) is 0 Å². The van der Waals surface area contributed by atoms with Crippen LogP contribution >= 0.6 is 23.4 Å². The molecule has 0 atom stereocenters. The SMILES string of the molecule is C/C(C(=N)Cl)=C1/C(=N)Sc2c(NCc3ccc(C(C)(C)O)cc3)ncnc21. The topological polar surface area (TPSA) is 106 Å². The minimum Gasteiger partial charge on any atom is -0.386 e. The number of nitrogens with zero attached hydrogens (tertiary/aromatic N) is 2. The van der Waals surface area contributed by atoms with E-state index in [-0.39, 0.29) is 5.17 Å². The molecule has 0 bridgehead atoms. The van der Waals surface area contributed by atoms with Gasteiger partial charge in [0.25, 0.3) is 0 Å². The summed E-state index contributed by atoms with van der Waals surface area (Å²) in [6.07, 6.45) is 1.45. The molecular weight excluding hydrogens is 382 g/mol. The van der Waals surface area contributed by atoms with Gasteiger partial charge in [-0.3, -0.25) is 10.8 Å². The smallest absolute Gasteiger partial charge is 0.144 e. The van der Waals surface area contributed by atoms with Gasteiger partial charge in [0.05, 0.1) is 16.2 Å². The summed E-state index contributed by atoms with van der Waals surface area (Å²) < 4.78 is 0. The molecule has 0 saturated carbocycles. The summed E-state index contributed by atoms with van der Waals surface area (Å²) in [4.78, 5) is 9.37. The number of halogens is 1. The van der Waals surface area contributed by atoms with E-state index < -0.39 is 5.60 Å². The van der Waals surface area contributed by atoms with Crippen molar-refractivity contribution in [3.8, 4) is 0 Å². The van der Waals surface area contributed by atoms with Gasteiger partial charge in [0.2, 0.25) is 0 Å². The minimum atomic E-state index is -0.868. The van der Waals surface area contributed by atoms with Crippen molar-refractivity contribution >= 4 is 45.0 Å². The zero-order valence-electron chi connectivity index (χ0n) is 15.2. The molecule has 3 rings (SSSR count). The van der Waals surface area contributed by atoms with E-state index >= 15 is 0 Å². The third-order valence-corrected chi connectivity index (χ3v) is 5.58. The Labute approximate surface area is 167 Å². The van der Waals surface area contributed by atoms with Crippen molar-refractivity contribution in [2.45, 2.75) is 37.8 Å². The van der Waals surface area contributed by atoms with Crippen molar-refractivity contribution in [1.29, 1.82) is 10.8 Å². The predicted molar refractivity (Wildman–Crippen MR) is 111 cm³/mol. The van der Waals surface area contributed by atoms with Crippen LogP contribution in [0.4, 0.5) is 5.82 Å². The number of thioether (sulfide) groups is 1. The first-order valence-electron chi connectivity index (χ1n) is 8.31. The van der Waals surface area contributed by atoms with E-state index in [0.717, 1.165) is 16.0 Å². The second-order valence-electron chi connectivity index (χ2n) is 6.75. The fourth-order valence-electron chi connectivity index (χ4n) is 2.71. The van der Waals surface area contributed by atoms with Crippen LogP contribution in [-0.4, -0.2) is 25.3 Å². The molecule has 1 aromatic heterocycles. The summed E-state index contributed by atoms with van der Waals surface area (Å²) >= 11 is 7.07. The van der Waals surface area contributed by atoms with Crippen molar-refractivity contribution in [2.24, 2.45) is 0 Å². The highest BCUT2D eigenvalue weighted by Gasteiger charge is 2.30. The van der Waals surface area contributed by atoms with Gasteiger partial charge in [-0.1, -0.05) is 47.6 Å². The molecule has 0 saturated heterocycles. The highest BCUT2D eigenvalue weighted by atomic mass is 35.5. The van der Waals surface area contributed by atoms with E-state index in [4.69, 9.17) is 22.4 Å². The van der Waals surface area contributed by atoms with E-state index in [1.54, 1.807) is 20.8 Å². The molecular formula is C19H20ClN5OS. The van der Waals surface area contributed by atoms with Crippen LogP contribution in [0.2, 0.25) is 0 Å². The Balaban J connectivity index is 1.84. The summed E-state index contributed by atoms with van der Waals surface area (Å²) in [6.45, 7) is 5.77. The second-order valence-corrected chi connectivity index (χ2v) is 8.15. The first-order valence-corrected chi connectivity index (χ1v) is 9.51.